The summed E-state index contributed by atoms with van der Waals surface area (Å²) >= 11 is 0. The quantitative estimate of drug-likeness (QED) is 0.776. The van der Waals surface area contributed by atoms with E-state index >= 15 is 0 Å². The molecule has 0 N–H and O–H groups in total. The fourth-order valence-corrected chi connectivity index (χ4v) is 2.31. The van der Waals surface area contributed by atoms with E-state index in [9.17, 15) is 13.6 Å². The molecule has 0 amide bonds. The Morgan fingerprint density at radius 3 is 2.56 bits per heavy atom. The van der Waals surface area contributed by atoms with Crippen molar-refractivity contribution in [1.82, 2.24) is 4.90 Å². The molecule has 0 bridgehead atoms. The van der Waals surface area contributed by atoms with Crippen molar-refractivity contribution >= 4 is 5.97 Å². The standard InChI is InChI=1S/C13H15F2NO2/c1-18-13(17)12(16-6-2-3-7-16)10-5-4-9(14)8-11(10)15/h4-5,8,12H,2-3,6-7H2,1H3. The number of rotatable bonds is 3. The summed E-state index contributed by atoms with van der Waals surface area (Å²) < 4.78 is 31.4. The van der Waals surface area contributed by atoms with E-state index in [4.69, 9.17) is 4.74 Å². The Balaban J connectivity index is 2.35. The number of carbonyl (C=O) groups excluding carboxylic acids is 1. The van der Waals surface area contributed by atoms with Crippen LogP contribution >= 0.6 is 0 Å². The Kier molecular flexibility index (Phi) is 3.91. The van der Waals surface area contributed by atoms with Gasteiger partial charge in [0.25, 0.3) is 0 Å². The van der Waals surface area contributed by atoms with Gasteiger partial charge in [-0.25, -0.2) is 13.6 Å². The summed E-state index contributed by atoms with van der Waals surface area (Å²) in [6.07, 6.45) is 1.94. The summed E-state index contributed by atoms with van der Waals surface area (Å²) in [4.78, 5) is 13.7. The molecule has 5 heteroatoms. The molecule has 0 aliphatic carbocycles. The second-order valence-electron chi connectivity index (χ2n) is 4.33. The van der Waals surface area contributed by atoms with Gasteiger partial charge in [-0.2, -0.15) is 0 Å². The van der Waals surface area contributed by atoms with Gasteiger partial charge in [0.1, 0.15) is 17.7 Å². The number of esters is 1. The molecule has 3 nitrogen and oxygen atoms in total. The second-order valence-corrected chi connectivity index (χ2v) is 4.33. The number of benzene rings is 1. The van der Waals surface area contributed by atoms with Gasteiger partial charge in [0.05, 0.1) is 7.11 Å². The molecule has 1 atom stereocenters. The average Bonchev–Trinajstić information content (AvgIpc) is 2.85. The predicted octanol–water partition coefficient (Wildman–Crippen LogP) is 2.27. The van der Waals surface area contributed by atoms with Gasteiger partial charge < -0.3 is 4.74 Å². The minimum atomic E-state index is -0.780. The number of methoxy groups -OCH3 is 1. The Morgan fingerprint density at radius 1 is 1.33 bits per heavy atom. The van der Waals surface area contributed by atoms with Crippen molar-refractivity contribution in [3.05, 3.63) is 35.4 Å². The average molecular weight is 255 g/mol. The number of hydrogen-bond donors (Lipinski definition) is 0. The first-order chi connectivity index (χ1) is 8.63. The third-order valence-corrected chi connectivity index (χ3v) is 3.19. The highest BCUT2D eigenvalue weighted by molar-refractivity contribution is 5.77. The van der Waals surface area contributed by atoms with E-state index in [-0.39, 0.29) is 5.56 Å². The molecule has 1 heterocycles. The fourth-order valence-electron chi connectivity index (χ4n) is 2.31. The van der Waals surface area contributed by atoms with Gasteiger partial charge in [-0.3, -0.25) is 4.90 Å². The molecule has 1 aliphatic rings. The molecule has 1 aliphatic heterocycles. The van der Waals surface area contributed by atoms with Crippen LogP contribution in [0.1, 0.15) is 24.4 Å². The number of likely N-dealkylation sites (tertiary alicyclic amines) is 1. The van der Waals surface area contributed by atoms with Crippen molar-refractivity contribution in [3.63, 3.8) is 0 Å². The Morgan fingerprint density at radius 2 is 2.00 bits per heavy atom. The van der Waals surface area contributed by atoms with Crippen molar-refractivity contribution in [3.8, 4) is 0 Å². The SMILES string of the molecule is COC(=O)C(c1ccc(F)cc1F)N1CCCC1. The van der Waals surface area contributed by atoms with Crippen LogP contribution in [-0.2, 0) is 9.53 Å². The summed E-state index contributed by atoms with van der Waals surface area (Å²) in [6.45, 7) is 1.44. The number of carbonyl (C=O) groups is 1. The normalized spacial score (nSPS) is 17.7. The highest BCUT2D eigenvalue weighted by Crippen LogP contribution is 2.28. The third kappa shape index (κ3) is 2.51. The molecule has 2 rings (SSSR count). The molecule has 0 aromatic heterocycles. The first-order valence-corrected chi connectivity index (χ1v) is 5.90. The Hall–Kier alpha value is -1.49. The first-order valence-electron chi connectivity index (χ1n) is 5.90. The van der Waals surface area contributed by atoms with E-state index < -0.39 is 23.6 Å². The van der Waals surface area contributed by atoms with E-state index in [1.54, 1.807) is 0 Å². The minimum Gasteiger partial charge on any atom is -0.468 e. The Bertz CT molecular complexity index is 445. The molecule has 0 radical (unpaired) electrons. The van der Waals surface area contributed by atoms with Gasteiger partial charge in [-0.05, 0) is 32.0 Å². The highest BCUT2D eigenvalue weighted by atomic mass is 19.1. The molecule has 0 saturated carbocycles. The van der Waals surface area contributed by atoms with E-state index in [2.05, 4.69) is 0 Å². The molecular formula is C13H15F2NO2. The molecule has 98 valence electrons. The molecule has 1 aromatic carbocycles. The van der Waals surface area contributed by atoms with Crippen molar-refractivity contribution in [2.24, 2.45) is 0 Å². The molecule has 1 unspecified atom stereocenters. The summed E-state index contributed by atoms with van der Waals surface area (Å²) in [5, 5.41) is 0. The first kappa shape index (κ1) is 13.0. The van der Waals surface area contributed by atoms with Gasteiger partial charge in [-0.1, -0.05) is 6.07 Å². The van der Waals surface area contributed by atoms with Gasteiger partial charge in [0, 0.05) is 11.6 Å². The van der Waals surface area contributed by atoms with Crippen molar-refractivity contribution in [1.29, 1.82) is 0 Å². The zero-order valence-corrected chi connectivity index (χ0v) is 10.2. The van der Waals surface area contributed by atoms with Crippen LogP contribution in [0.5, 0.6) is 0 Å². The van der Waals surface area contributed by atoms with Crippen LogP contribution in [0.25, 0.3) is 0 Å². The highest BCUT2D eigenvalue weighted by Gasteiger charge is 2.32. The third-order valence-electron chi connectivity index (χ3n) is 3.19. The lowest BCUT2D eigenvalue weighted by molar-refractivity contribution is -0.147. The van der Waals surface area contributed by atoms with Crippen LogP contribution in [0.3, 0.4) is 0 Å². The number of ether oxygens (including phenoxy) is 1. The second kappa shape index (κ2) is 5.44. The monoisotopic (exact) mass is 255 g/mol. The van der Waals surface area contributed by atoms with Gasteiger partial charge in [0.2, 0.25) is 0 Å². The zero-order valence-electron chi connectivity index (χ0n) is 10.2. The molecule has 0 spiro atoms. The summed E-state index contributed by atoms with van der Waals surface area (Å²) in [5.74, 6) is -1.87. The lowest BCUT2D eigenvalue weighted by Gasteiger charge is -2.25. The zero-order chi connectivity index (χ0) is 13.1. The summed E-state index contributed by atoms with van der Waals surface area (Å²) in [5.41, 5.74) is 0.171. The molecule has 1 fully saturated rings. The van der Waals surface area contributed by atoms with Crippen molar-refractivity contribution < 1.29 is 18.3 Å². The molecule has 18 heavy (non-hydrogen) atoms. The number of halogens is 2. The number of hydrogen-bond acceptors (Lipinski definition) is 3. The maximum Gasteiger partial charge on any atom is 0.327 e. The van der Waals surface area contributed by atoms with Crippen molar-refractivity contribution in [2.75, 3.05) is 20.2 Å². The lowest BCUT2D eigenvalue weighted by atomic mass is 10.0. The molecule has 1 aromatic rings. The summed E-state index contributed by atoms with van der Waals surface area (Å²) in [7, 11) is 1.27. The van der Waals surface area contributed by atoms with Gasteiger partial charge >= 0.3 is 5.97 Å². The maximum atomic E-state index is 13.8. The molecular weight excluding hydrogens is 240 g/mol. The van der Waals surface area contributed by atoms with E-state index in [1.165, 1.54) is 13.2 Å². The minimum absolute atomic E-state index is 0.171. The predicted molar refractivity (Wildman–Crippen MR) is 61.9 cm³/mol. The smallest absolute Gasteiger partial charge is 0.327 e. The molecule has 1 saturated heterocycles. The Labute approximate surface area is 104 Å². The fraction of sp³-hybridized carbons (Fsp3) is 0.462. The topological polar surface area (TPSA) is 29.5 Å². The van der Waals surface area contributed by atoms with Crippen LogP contribution in [0, 0.1) is 11.6 Å². The summed E-state index contributed by atoms with van der Waals surface area (Å²) in [6, 6.07) is 2.48. The largest absolute Gasteiger partial charge is 0.468 e. The van der Waals surface area contributed by atoms with Crippen LogP contribution in [0.4, 0.5) is 8.78 Å². The van der Waals surface area contributed by atoms with Crippen LogP contribution < -0.4 is 0 Å². The van der Waals surface area contributed by atoms with E-state index in [0.29, 0.717) is 0 Å². The van der Waals surface area contributed by atoms with Crippen molar-refractivity contribution in [2.45, 2.75) is 18.9 Å². The lowest BCUT2D eigenvalue weighted by Crippen LogP contribution is -2.33. The van der Waals surface area contributed by atoms with E-state index in [0.717, 1.165) is 38.1 Å². The van der Waals surface area contributed by atoms with Crippen LogP contribution in [0.15, 0.2) is 18.2 Å². The van der Waals surface area contributed by atoms with E-state index in [1.807, 2.05) is 4.90 Å². The van der Waals surface area contributed by atoms with Gasteiger partial charge in [0.15, 0.2) is 0 Å². The maximum absolute atomic E-state index is 13.8. The van der Waals surface area contributed by atoms with Gasteiger partial charge in [-0.15, -0.1) is 0 Å². The number of nitrogens with zero attached hydrogens (tertiary/aromatic N) is 1. The van der Waals surface area contributed by atoms with Crippen LogP contribution in [-0.4, -0.2) is 31.1 Å². The van der Waals surface area contributed by atoms with Crippen LogP contribution in [0.2, 0.25) is 0 Å².